The minimum absolute atomic E-state index is 0.100. The van der Waals surface area contributed by atoms with Crippen LogP contribution in [0.1, 0.15) is 11.4 Å². The second-order valence-corrected chi connectivity index (χ2v) is 5.93. The SMILES string of the molecule is Cc1nn(C)c(CC(N)COc2ccc(Cl)cc2)c1Br. The fourth-order valence-electron chi connectivity index (χ4n) is 1.94. The average molecular weight is 359 g/mol. The zero-order valence-corrected chi connectivity index (χ0v) is 13.8. The summed E-state index contributed by atoms with van der Waals surface area (Å²) < 4.78 is 8.52. The van der Waals surface area contributed by atoms with Crippen LogP contribution in [0.3, 0.4) is 0 Å². The molecule has 0 bridgehead atoms. The number of aryl methyl sites for hydroxylation is 2. The number of halogens is 2. The summed E-state index contributed by atoms with van der Waals surface area (Å²) >= 11 is 9.36. The second kappa shape index (κ2) is 6.61. The maximum absolute atomic E-state index is 6.12. The molecule has 0 saturated heterocycles. The maximum Gasteiger partial charge on any atom is 0.119 e. The summed E-state index contributed by atoms with van der Waals surface area (Å²) in [6.07, 6.45) is 0.700. The van der Waals surface area contributed by atoms with E-state index in [4.69, 9.17) is 22.1 Å². The smallest absolute Gasteiger partial charge is 0.119 e. The Hall–Kier alpha value is -1.04. The van der Waals surface area contributed by atoms with Crippen LogP contribution in [-0.4, -0.2) is 22.4 Å². The highest BCUT2D eigenvalue weighted by Gasteiger charge is 2.14. The highest BCUT2D eigenvalue weighted by atomic mass is 79.9. The van der Waals surface area contributed by atoms with Crippen molar-refractivity contribution in [2.75, 3.05) is 6.61 Å². The molecule has 0 aliphatic carbocycles. The van der Waals surface area contributed by atoms with Crippen LogP contribution >= 0.6 is 27.5 Å². The van der Waals surface area contributed by atoms with Crippen LogP contribution in [0.25, 0.3) is 0 Å². The molecule has 2 rings (SSSR count). The first-order valence-electron chi connectivity index (χ1n) is 6.29. The fourth-order valence-corrected chi connectivity index (χ4v) is 2.57. The Kier molecular flexibility index (Phi) is 5.07. The molecule has 108 valence electrons. The maximum atomic E-state index is 6.12. The first kappa shape index (κ1) is 15.4. The van der Waals surface area contributed by atoms with Crippen LogP contribution in [0.15, 0.2) is 28.7 Å². The van der Waals surface area contributed by atoms with E-state index in [-0.39, 0.29) is 6.04 Å². The summed E-state index contributed by atoms with van der Waals surface area (Å²) in [5.41, 5.74) is 8.16. The van der Waals surface area contributed by atoms with Crippen LogP contribution in [0.4, 0.5) is 0 Å². The van der Waals surface area contributed by atoms with E-state index in [1.165, 1.54) is 0 Å². The van der Waals surface area contributed by atoms with Gasteiger partial charge in [-0.1, -0.05) is 11.6 Å². The van der Waals surface area contributed by atoms with Crippen molar-refractivity contribution >= 4 is 27.5 Å². The van der Waals surface area contributed by atoms with Crippen LogP contribution < -0.4 is 10.5 Å². The minimum atomic E-state index is -0.100. The summed E-state index contributed by atoms with van der Waals surface area (Å²) in [7, 11) is 1.92. The summed E-state index contributed by atoms with van der Waals surface area (Å²) in [6, 6.07) is 7.16. The predicted octanol–water partition coefficient (Wildman–Crippen LogP) is 3.09. The normalized spacial score (nSPS) is 12.4. The van der Waals surface area contributed by atoms with E-state index in [9.17, 15) is 0 Å². The molecule has 0 spiro atoms. The number of rotatable bonds is 5. The van der Waals surface area contributed by atoms with Crippen molar-refractivity contribution in [2.24, 2.45) is 12.8 Å². The first-order valence-corrected chi connectivity index (χ1v) is 7.46. The van der Waals surface area contributed by atoms with E-state index in [2.05, 4.69) is 21.0 Å². The van der Waals surface area contributed by atoms with Gasteiger partial charge in [-0.15, -0.1) is 0 Å². The molecular weight excluding hydrogens is 342 g/mol. The third kappa shape index (κ3) is 3.75. The van der Waals surface area contributed by atoms with Gasteiger partial charge in [0.15, 0.2) is 0 Å². The molecule has 1 heterocycles. The minimum Gasteiger partial charge on any atom is -0.492 e. The number of benzene rings is 1. The number of nitrogens with zero attached hydrogens (tertiary/aromatic N) is 2. The topological polar surface area (TPSA) is 53.1 Å². The van der Waals surface area contributed by atoms with Gasteiger partial charge in [-0.25, -0.2) is 0 Å². The highest BCUT2D eigenvalue weighted by molar-refractivity contribution is 9.10. The van der Waals surface area contributed by atoms with Gasteiger partial charge in [-0.2, -0.15) is 5.10 Å². The van der Waals surface area contributed by atoms with Gasteiger partial charge in [0.25, 0.3) is 0 Å². The standard InChI is InChI=1S/C14H17BrClN3O/c1-9-14(15)13(19(2)18-9)7-11(17)8-20-12-5-3-10(16)4-6-12/h3-6,11H,7-8,17H2,1-2H3. The van der Waals surface area contributed by atoms with Crippen LogP contribution in [0, 0.1) is 6.92 Å². The van der Waals surface area contributed by atoms with Gasteiger partial charge < -0.3 is 10.5 Å². The van der Waals surface area contributed by atoms with E-state index in [1.807, 2.05) is 30.8 Å². The zero-order chi connectivity index (χ0) is 14.7. The van der Waals surface area contributed by atoms with Gasteiger partial charge in [0.2, 0.25) is 0 Å². The van der Waals surface area contributed by atoms with Crippen molar-refractivity contribution in [3.05, 3.63) is 45.1 Å². The molecule has 1 aromatic heterocycles. The molecule has 1 atom stereocenters. The van der Waals surface area contributed by atoms with E-state index < -0.39 is 0 Å². The van der Waals surface area contributed by atoms with Crippen LogP contribution in [0.2, 0.25) is 5.02 Å². The summed E-state index contributed by atoms with van der Waals surface area (Å²) in [5.74, 6) is 0.769. The van der Waals surface area contributed by atoms with Crippen molar-refractivity contribution in [3.8, 4) is 5.75 Å². The average Bonchev–Trinajstić information content (AvgIpc) is 2.65. The number of hydrogen-bond acceptors (Lipinski definition) is 3. The molecule has 0 amide bonds. The number of hydrogen-bond donors (Lipinski definition) is 1. The molecule has 0 saturated carbocycles. The molecule has 0 fully saturated rings. The van der Waals surface area contributed by atoms with Crippen LogP contribution in [-0.2, 0) is 13.5 Å². The Bertz CT molecular complexity index is 583. The lowest BCUT2D eigenvalue weighted by Gasteiger charge is -2.14. The number of nitrogens with two attached hydrogens (primary N) is 1. The quantitative estimate of drug-likeness (QED) is 0.893. The monoisotopic (exact) mass is 357 g/mol. The zero-order valence-electron chi connectivity index (χ0n) is 11.4. The van der Waals surface area contributed by atoms with Crippen LogP contribution in [0.5, 0.6) is 5.75 Å². The van der Waals surface area contributed by atoms with Gasteiger partial charge in [-0.05, 0) is 47.1 Å². The summed E-state index contributed by atoms with van der Waals surface area (Å²) in [5, 5.41) is 5.04. The second-order valence-electron chi connectivity index (χ2n) is 4.70. The third-order valence-corrected chi connectivity index (χ3v) is 4.28. The fraction of sp³-hybridized carbons (Fsp3) is 0.357. The molecule has 0 aliphatic rings. The van der Waals surface area contributed by atoms with Crippen molar-refractivity contribution in [1.29, 1.82) is 0 Å². The molecule has 1 unspecified atom stereocenters. The molecule has 0 aliphatic heterocycles. The molecular formula is C14H17BrClN3O. The highest BCUT2D eigenvalue weighted by Crippen LogP contribution is 2.21. The van der Waals surface area contributed by atoms with Crippen molar-refractivity contribution in [1.82, 2.24) is 9.78 Å². The lowest BCUT2D eigenvalue weighted by atomic mass is 10.1. The Balaban J connectivity index is 1.92. The van der Waals surface area contributed by atoms with E-state index in [0.29, 0.717) is 18.1 Å². The number of aromatic nitrogens is 2. The molecule has 0 radical (unpaired) electrons. The molecule has 6 heteroatoms. The molecule has 1 aromatic carbocycles. The van der Waals surface area contributed by atoms with Crippen molar-refractivity contribution < 1.29 is 4.74 Å². The largest absolute Gasteiger partial charge is 0.492 e. The Labute approximate surface area is 132 Å². The van der Waals surface area contributed by atoms with Gasteiger partial charge in [-0.3, -0.25) is 4.68 Å². The Morgan fingerprint density at radius 1 is 1.40 bits per heavy atom. The molecule has 20 heavy (non-hydrogen) atoms. The lowest BCUT2D eigenvalue weighted by Crippen LogP contribution is -2.31. The lowest BCUT2D eigenvalue weighted by molar-refractivity contribution is 0.286. The van der Waals surface area contributed by atoms with Crippen molar-refractivity contribution in [2.45, 2.75) is 19.4 Å². The Morgan fingerprint density at radius 3 is 2.60 bits per heavy atom. The van der Waals surface area contributed by atoms with Gasteiger partial charge in [0, 0.05) is 24.5 Å². The Morgan fingerprint density at radius 2 is 2.05 bits per heavy atom. The number of ether oxygens (including phenoxy) is 1. The molecule has 4 nitrogen and oxygen atoms in total. The third-order valence-electron chi connectivity index (χ3n) is 2.99. The summed E-state index contributed by atoms with van der Waals surface area (Å²) in [4.78, 5) is 0. The van der Waals surface area contributed by atoms with Crippen molar-refractivity contribution in [3.63, 3.8) is 0 Å². The van der Waals surface area contributed by atoms with E-state index in [1.54, 1.807) is 12.1 Å². The van der Waals surface area contributed by atoms with Gasteiger partial charge >= 0.3 is 0 Å². The molecule has 2 aromatic rings. The first-order chi connectivity index (χ1) is 9.47. The van der Waals surface area contributed by atoms with E-state index >= 15 is 0 Å². The molecule has 2 N–H and O–H groups in total. The summed E-state index contributed by atoms with van der Waals surface area (Å²) in [6.45, 7) is 2.40. The van der Waals surface area contributed by atoms with E-state index in [0.717, 1.165) is 21.6 Å². The van der Waals surface area contributed by atoms with Gasteiger partial charge in [0.1, 0.15) is 12.4 Å². The predicted molar refractivity (Wildman–Crippen MR) is 84.3 cm³/mol. The van der Waals surface area contributed by atoms with Gasteiger partial charge in [0.05, 0.1) is 15.9 Å².